The molecule has 18 heavy (non-hydrogen) atoms. The van der Waals surface area contributed by atoms with Crippen molar-refractivity contribution in [3.8, 4) is 5.75 Å². The van der Waals surface area contributed by atoms with Crippen molar-refractivity contribution in [2.75, 3.05) is 0 Å². The van der Waals surface area contributed by atoms with Crippen molar-refractivity contribution >= 4 is 11.8 Å². The van der Waals surface area contributed by atoms with Crippen LogP contribution in [0.5, 0.6) is 5.75 Å². The van der Waals surface area contributed by atoms with Crippen LogP contribution in [0.1, 0.15) is 25.7 Å². The van der Waals surface area contributed by atoms with Gasteiger partial charge >= 0.3 is 11.8 Å². The number of nitro groups is 1. The molecule has 0 unspecified atom stereocenters. The highest BCUT2D eigenvalue weighted by Gasteiger charge is 2.42. The van der Waals surface area contributed by atoms with Crippen LogP contribution in [0.3, 0.4) is 0 Å². The first-order chi connectivity index (χ1) is 8.52. The second-order valence-electron chi connectivity index (χ2n) is 4.29. The number of hydrogen-bond acceptors (Lipinski definition) is 5. The second kappa shape index (κ2) is 4.59. The Morgan fingerprint density at radius 1 is 1.61 bits per heavy atom. The Morgan fingerprint density at radius 3 is 2.83 bits per heavy atom. The third kappa shape index (κ3) is 2.39. The van der Waals surface area contributed by atoms with E-state index in [9.17, 15) is 14.9 Å². The average Bonchev–Trinajstić information content (AvgIpc) is 2.26. The van der Waals surface area contributed by atoms with Gasteiger partial charge in [0.15, 0.2) is 0 Å². The summed E-state index contributed by atoms with van der Waals surface area (Å²) in [4.78, 5) is 24.6. The summed E-state index contributed by atoms with van der Waals surface area (Å²) < 4.78 is 5.56. The van der Waals surface area contributed by atoms with E-state index in [4.69, 9.17) is 9.84 Å². The molecule has 0 amide bonds. The first-order valence-electron chi connectivity index (χ1n) is 5.53. The van der Waals surface area contributed by atoms with E-state index in [1.165, 1.54) is 18.3 Å². The zero-order valence-corrected chi connectivity index (χ0v) is 9.54. The topological polar surface area (TPSA) is 103 Å². The van der Waals surface area contributed by atoms with Crippen LogP contribution < -0.4 is 4.74 Å². The van der Waals surface area contributed by atoms with Gasteiger partial charge in [-0.15, -0.1) is 0 Å². The molecular formula is C11H12N2O5. The number of carboxylic acid groups (broad SMARTS) is 1. The molecule has 1 aliphatic carbocycles. The second-order valence-corrected chi connectivity index (χ2v) is 4.29. The number of aliphatic carboxylic acids is 1. The van der Waals surface area contributed by atoms with Gasteiger partial charge in [-0.1, -0.05) is 0 Å². The minimum atomic E-state index is -0.971. The van der Waals surface area contributed by atoms with Crippen molar-refractivity contribution in [3.63, 3.8) is 0 Å². The fourth-order valence-corrected chi connectivity index (χ4v) is 1.99. The summed E-state index contributed by atoms with van der Waals surface area (Å²) in [6, 6.07) is 2.96. The first-order valence-corrected chi connectivity index (χ1v) is 5.53. The molecule has 7 nitrogen and oxygen atoms in total. The van der Waals surface area contributed by atoms with Crippen LogP contribution in [-0.2, 0) is 4.79 Å². The molecule has 7 heteroatoms. The van der Waals surface area contributed by atoms with E-state index >= 15 is 0 Å². The average molecular weight is 252 g/mol. The van der Waals surface area contributed by atoms with Crippen LogP contribution in [-0.4, -0.2) is 26.6 Å². The predicted octanol–water partition coefficient (Wildman–Crippen LogP) is 1.77. The summed E-state index contributed by atoms with van der Waals surface area (Å²) in [5.74, 6) is -1.32. The van der Waals surface area contributed by atoms with Crippen molar-refractivity contribution in [1.29, 1.82) is 0 Å². The van der Waals surface area contributed by atoms with Crippen molar-refractivity contribution < 1.29 is 19.6 Å². The van der Waals surface area contributed by atoms with Gasteiger partial charge < -0.3 is 20.0 Å². The molecule has 0 radical (unpaired) electrons. The largest absolute Gasteiger partial charge is 0.481 e. The van der Waals surface area contributed by atoms with Gasteiger partial charge in [0, 0.05) is 0 Å². The lowest BCUT2D eigenvalue weighted by atomic mass is 9.77. The molecule has 1 heterocycles. The van der Waals surface area contributed by atoms with Gasteiger partial charge in [-0.05, 0) is 41.3 Å². The zero-order valence-electron chi connectivity index (χ0n) is 9.54. The van der Waals surface area contributed by atoms with E-state index in [1.54, 1.807) is 0 Å². The van der Waals surface area contributed by atoms with Crippen molar-refractivity contribution in [2.45, 2.75) is 31.3 Å². The number of rotatable bonds is 5. The number of hydrogen-bond donors (Lipinski definition) is 1. The van der Waals surface area contributed by atoms with Crippen molar-refractivity contribution in [2.24, 2.45) is 0 Å². The Labute approximate surface area is 103 Å². The standard InChI is InChI=1S/C11H12N2O5/c14-9(15)7-11(4-2-5-11)18-8-3-1-6-12-10(8)13(16)17/h1,3,6H,2,4-5,7H2,(H,14,15). The molecule has 0 spiro atoms. The van der Waals surface area contributed by atoms with Gasteiger partial charge in [0.25, 0.3) is 0 Å². The molecule has 1 aliphatic rings. The molecule has 0 atom stereocenters. The van der Waals surface area contributed by atoms with Gasteiger partial charge in [0.2, 0.25) is 5.75 Å². The quantitative estimate of drug-likeness (QED) is 0.632. The lowest BCUT2D eigenvalue weighted by molar-refractivity contribution is -0.391. The molecule has 1 N–H and O–H groups in total. The summed E-state index contributed by atoms with van der Waals surface area (Å²) >= 11 is 0. The molecule has 0 aromatic carbocycles. The Kier molecular flexibility index (Phi) is 3.14. The fraction of sp³-hybridized carbons (Fsp3) is 0.455. The summed E-state index contributed by atoms with van der Waals surface area (Å²) in [7, 11) is 0. The van der Waals surface area contributed by atoms with Gasteiger partial charge in [-0.25, -0.2) is 0 Å². The Hall–Kier alpha value is -2.18. The van der Waals surface area contributed by atoms with Crippen LogP contribution >= 0.6 is 0 Å². The van der Waals surface area contributed by atoms with E-state index in [1.807, 2.05) is 0 Å². The first kappa shape index (κ1) is 12.3. The van der Waals surface area contributed by atoms with E-state index in [-0.39, 0.29) is 18.0 Å². The molecule has 1 aromatic heterocycles. The van der Waals surface area contributed by atoms with Gasteiger partial charge in [0.1, 0.15) is 11.8 Å². The maximum Gasteiger partial charge on any atom is 0.406 e. The molecule has 1 saturated carbocycles. The van der Waals surface area contributed by atoms with Crippen LogP contribution in [0, 0.1) is 10.1 Å². The normalized spacial score (nSPS) is 16.7. The summed E-state index contributed by atoms with van der Waals surface area (Å²) in [5, 5.41) is 19.6. The third-order valence-corrected chi connectivity index (χ3v) is 2.99. The van der Waals surface area contributed by atoms with E-state index < -0.39 is 16.5 Å². The van der Waals surface area contributed by atoms with Crippen molar-refractivity contribution in [1.82, 2.24) is 4.98 Å². The fourth-order valence-electron chi connectivity index (χ4n) is 1.99. The molecule has 0 bridgehead atoms. The maximum atomic E-state index is 10.8. The molecule has 2 rings (SSSR count). The Morgan fingerprint density at radius 2 is 2.33 bits per heavy atom. The van der Waals surface area contributed by atoms with Crippen LogP contribution in [0.4, 0.5) is 5.82 Å². The number of aromatic nitrogens is 1. The summed E-state index contributed by atoms with van der Waals surface area (Å²) in [6.07, 6.45) is 3.19. The Balaban J connectivity index is 2.22. The Bertz CT molecular complexity index is 484. The third-order valence-electron chi connectivity index (χ3n) is 2.99. The smallest absolute Gasteiger partial charge is 0.406 e. The van der Waals surface area contributed by atoms with Gasteiger partial charge in [-0.3, -0.25) is 4.79 Å². The number of carbonyl (C=O) groups is 1. The van der Waals surface area contributed by atoms with Crippen LogP contribution in [0.2, 0.25) is 0 Å². The van der Waals surface area contributed by atoms with Crippen molar-refractivity contribution in [3.05, 3.63) is 28.4 Å². The molecular weight excluding hydrogens is 240 g/mol. The molecule has 0 aliphatic heterocycles. The molecule has 1 aromatic rings. The van der Waals surface area contributed by atoms with E-state index in [0.29, 0.717) is 12.8 Å². The van der Waals surface area contributed by atoms with Gasteiger partial charge in [-0.2, -0.15) is 0 Å². The van der Waals surface area contributed by atoms with E-state index in [0.717, 1.165) is 6.42 Å². The van der Waals surface area contributed by atoms with E-state index in [2.05, 4.69) is 4.98 Å². The lowest BCUT2D eigenvalue weighted by Gasteiger charge is -2.40. The number of nitrogens with zero attached hydrogens (tertiary/aromatic N) is 2. The highest BCUT2D eigenvalue weighted by atomic mass is 16.6. The SMILES string of the molecule is O=C(O)CC1(Oc2cccnc2[N+](=O)[O-])CCC1. The summed E-state index contributed by atoms with van der Waals surface area (Å²) in [5.41, 5.74) is -0.820. The number of pyridine rings is 1. The zero-order chi connectivity index (χ0) is 13.2. The van der Waals surface area contributed by atoms with Crippen LogP contribution in [0.25, 0.3) is 0 Å². The number of carboxylic acids is 1. The highest BCUT2D eigenvalue weighted by Crippen LogP contribution is 2.41. The molecule has 0 saturated heterocycles. The van der Waals surface area contributed by atoms with Crippen LogP contribution in [0.15, 0.2) is 18.3 Å². The lowest BCUT2D eigenvalue weighted by Crippen LogP contribution is -2.45. The highest BCUT2D eigenvalue weighted by molar-refractivity contribution is 5.68. The number of ether oxygens (including phenoxy) is 1. The van der Waals surface area contributed by atoms with Gasteiger partial charge in [0.05, 0.1) is 6.42 Å². The minimum absolute atomic E-state index is 0.0310. The maximum absolute atomic E-state index is 10.8. The summed E-state index contributed by atoms with van der Waals surface area (Å²) in [6.45, 7) is 0. The monoisotopic (exact) mass is 252 g/mol. The predicted molar refractivity (Wildman–Crippen MR) is 60.4 cm³/mol. The molecule has 96 valence electrons. The molecule has 1 fully saturated rings. The minimum Gasteiger partial charge on any atom is -0.481 e.